The Morgan fingerprint density at radius 2 is 1.94 bits per heavy atom. The summed E-state index contributed by atoms with van der Waals surface area (Å²) in [6.45, 7) is 5.84. The Balaban J connectivity index is 1.38. The molecule has 2 fully saturated rings. The van der Waals surface area contributed by atoms with Crippen LogP contribution in [0.25, 0.3) is 0 Å². The molecule has 4 aliphatic heterocycles. The zero-order valence-corrected chi connectivity index (χ0v) is 29.7. The third-order valence-electron chi connectivity index (χ3n) is 11.9. The van der Waals surface area contributed by atoms with E-state index in [0.717, 1.165) is 70.6 Å². The monoisotopic (exact) mass is 682 g/mol. The van der Waals surface area contributed by atoms with Gasteiger partial charge in [0.05, 0.1) is 31.0 Å². The molecule has 0 spiro atoms. The number of β-amino-alcohol motifs (C(OH)–C–C–N with tert-alkyl or cyclic N) is 1. The quantitative estimate of drug-likeness (QED) is 0.202. The van der Waals surface area contributed by atoms with Gasteiger partial charge in [-0.25, -0.2) is 0 Å². The molecule has 4 aliphatic rings. The molecule has 0 aliphatic carbocycles. The van der Waals surface area contributed by atoms with E-state index in [0.29, 0.717) is 38.3 Å². The van der Waals surface area contributed by atoms with Crippen LogP contribution in [0.1, 0.15) is 102 Å². The zero-order chi connectivity index (χ0) is 35.0. The molecule has 8 N–H and O–H groups in total. The minimum Gasteiger partial charge on any atom is -0.481 e. The van der Waals surface area contributed by atoms with Gasteiger partial charge in [-0.2, -0.15) is 0 Å². The Morgan fingerprint density at radius 3 is 2.67 bits per heavy atom. The van der Waals surface area contributed by atoms with Crippen molar-refractivity contribution in [2.24, 2.45) is 22.6 Å². The summed E-state index contributed by atoms with van der Waals surface area (Å²) in [5, 5.41) is 42.8. The molecule has 0 amide bonds. The van der Waals surface area contributed by atoms with Crippen LogP contribution in [0.3, 0.4) is 0 Å². The molecule has 10 unspecified atom stereocenters. The summed E-state index contributed by atoms with van der Waals surface area (Å²) in [5.74, 6) is -0.504. The van der Waals surface area contributed by atoms with Gasteiger partial charge in [-0.05, 0) is 88.2 Å². The normalized spacial score (nSPS) is 37.5. The second-order valence-corrected chi connectivity index (χ2v) is 16.1. The molecule has 10 atom stereocenters. The number of aliphatic imine (C=N–C) groups is 1. The Morgan fingerprint density at radius 1 is 1.16 bits per heavy atom. The standard InChI is InChI=1S/C38H62N6O5/c1-26-34(46)20-33(44-14-13-40-25-44)32(42-26)19-30(11-15-45)29-10-5-3-4-6-12-38(49,23-36(47)48)24-41-37(2)21-31(43-35(39)22-37)18-28-9-7-8-27(16-28)17-29/h7-9,13,15-16,26,29-35,41-43,46,49H,3-6,10-12,14,17-25,39H2,1-2H3,(H,47,48). The largest absolute Gasteiger partial charge is 0.481 e. The van der Waals surface area contributed by atoms with Crippen LogP contribution in [0.4, 0.5) is 0 Å². The number of carbonyl (C=O) groups excluding carboxylic acids is 1. The average Bonchev–Trinajstić information content (AvgIpc) is 3.57. The van der Waals surface area contributed by atoms with E-state index >= 15 is 0 Å². The van der Waals surface area contributed by atoms with Gasteiger partial charge in [-0.1, -0.05) is 49.9 Å². The fraction of sp³-hybridized carbons (Fsp3) is 0.763. The highest BCUT2D eigenvalue weighted by Gasteiger charge is 2.41. The van der Waals surface area contributed by atoms with E-state index < -0.39 is 17.7 Å². The van der Waals surface area contributed by atoms with Crippen molar-refractivity contribution in [2.45, 2.75) is 151 Å². The number of carbonyl (C=O) groups is 2. The minimum absolute atomic E-state index is 0.0121. The summed E-state index contributed by atoms with van der Waals surface area (Å²) in [7, 11) is 0. The summed E-state index contributed by atoms with van der Waals surface area (Å²) in [6, 6.07) is 9.31. The number of aliphatic hydroxyl groups excluding tert-OH is 1. The molecule has 4 heterocycles. The number of hydrogen-bond acceptors (Lipinski definition) is 10. The van der Waals surface area contributed by atoms with Crippen LogP contribution < -0.4 is 21.7 Å². The molecule has 0 saturated carbocycles. The highest BCUT2D eigenvalue weighted by Crippen LogP contribution is 2.34. The van der Waals surface area contributed by atoms with Crippen LogP contribution in [0.5, 0.6) is 0 Å². The predicted octanol–water partition coefficient (Wildman–Crippen LogP) is 2.75. The smallest absolute Gasteiger partial charge is 0.306 e. The highest BCUT2D eigenvalue weighted by atomic mass is 16.4. The predicted molar refractivity (Wildman–Crippen MR) is 192 cm³/mol. The van der Waals surface area contributed by atoms with Crippen LogP contribution in [0, 0.1) is 11.8 Å². The van der Waals surface area contributed by atoms with Crippen LogP contribution in [0.15, 0.2) is 29.3 Å². The Hall–Kier alpha value is -2.25. The van der Waals surface area contributed by atoms with Gasteiger partial charge in [0, 0.05) is 55.4 Å². The zero-order valence-electron chi connectivity index (χ0n) is 29.7. The third-order valence-corrected chi connectivity index (χ3v) is 11.9. The topological polar surface area (TPSA) is 173 Å². The first kappa shape index (κ1) is 38.0. The third kappa shape index (κ3) is 10.9. The number of nitrogens with two attached hydrogens (primary N) is 1. The number of piperidine rings is 2. The number of nitrogens with one attached hydrogen (secondary N) is 3. The molecule has 274 valence electrons. The summed E-state index contributed by atoms with van der Waals surface area (Å²) in [4.78, 5) is 30.8. The number of rotatable bonds is 8. The maximum absolute atomic E-state index is 12.2. The van der Waals surface area contributed by atoms with Crippen molar-refractivity contribution in [3.8, 4) is 0 Å². The number of carboxylic acid groups (broad SMARTS) is 1. The van der Waals surface area contributed by atoms with E-state index in [-0.39, 0.29) is 54.8 Å². The molecule has 5 rings (SSSR count). The average molecular weight is 683 g/mol. The van der Waals surface area contributed by atoms with Crippen LogP contribution in [-0.4, -0.2) is 106 Å². The van der Waals surface area contributed by atoms with Crippen LogP contribution >= 0.6 is 0 Å². The van der Waals surface area contributed by atoms with Crippen molar-refractivity contribution in [3.63, 3.8) is 0 Å². The number of aliphatic carboxylic acids is 1. The minimum atomic E-state index is -1.33. The van der Waals surface area contributed by atoms with Gasteiger partial charge < -0.3 is 36.5 Å². The number of fused-ring (bicyclic) bond motifs is 4. The number of nitrogens with zero attached hydrogens (tertiary/aromatic N) is 2. The lowest BCUT2D eigenvalue weighted by atomic mass is 9.75. The molecule has 0 aromatic heterocycles. The van der Waals surface area contributed by atoms with E-state index in [1.165, 1.54) is 11.1 Å². The summed E-state index contributed by atoms with van der Waals surface area (Å²) < 4.78 is 0. The SMILES string of the molecule is CC1NC(CC(CC=O)C2CCCCCCC(O)(CC(=O)O)CNC3(C)CC(N)NC(Cc4cccc(c4)C2)C3)C(N2CC=NC2)CC1O. The van der Waals surface area contributed by atoms with Crippen LogP contribution in [-0.2, 0) is 22.4 Å². The van der Waals surface area contributed by atoms with E-state index in [1.54, 1.807) is 0 Å². The summed E-state index contributed by atoms with van der Waals surface area (Å²) >= 11 is 0. The van der Waals surface area contributed by atoms with E-state index in [2.05, 4.69) is 64.0 Å². The van der Waals surface area contributed by atoms with Gasteiger partial charge in [-0.3, -0.25) is 20.0 Å². The van der Waals surface area contributed by atoms with Gasteiger partial charge in [0.1, 0.15) is 6.29 Å². The number of hydrogen-bond donors (Lipinski definition) is 7. The first-order valence-corrected chi connectivity index (χ1v) is 18.8. The molecule has 1 aromatic carbocycles. The Bertz CT molecular complexity index is 1260. The Kier molecular flexibility index (Phi) is 13.4. The molecule has 11 nitrogen and oxygen atoms in total. The molecular formula is C38H62N6O5. The maximum Gasteiger partial charge on any atom is 0.306 e. The van der Waals surface area contributed by atoms with Gasteiger partial charge in [0.2, 0.25) is 0 Å². The van der Waals surface area contributed by atoms with E-state index in [1.807, 2.05) is 6.21 Å². The van der Waals surface area contributed by atoms with Crippen molar-refractivity contribution >= 4 is 18.5 Å². The fourth-order valence-electron chi connectivity index (χ4n) is 9.26. The highest BCUT2D eigenvalue weighted by molar-refractivity contribution is 5.68. The lowest BCUT2D eigenvalue weighted by molar-refractivity contribution is -0.143. The van der Waals surface area contributed by atoms with Crippen molar-refractivity contribution in [1.82, 2.24) is 20.9 Å². The molecular weight excluding hydrogens is 620 g/mol. The molecule has 49 heavy (non-hydrogen) atoms. The van der Waals surface area contributed by atoms with Crippen molar-refractivity contribution in [1.29, 1.82) is 0 Å². The summed E-state index contributed by atoms with van der Waals surface area (Å²) in [5.41, 5.74) is 7.39. The lowest BCUT2D eigenvalue weighted by Gasteiger charge is -2.45. The second-order valence-electron chi connectivity index (χ2n) is 16.1. The molecule has 4 bridgehead atoms. The van der Waals surface area contributed by atoms with Gasteiger partial charge in [0.15, 0.2) is 0 Å². The number of aliphatic hydroxyl groups is 2. The van der Waals surface area contributed by atoms with E-state index in [4.69, 9.17) is 5.73 Å². The van der Waals surface area contributed by atoms with Crippen LogP contribution in [0.2, 0.25) is 0 Å². The lowest BCUT2D eigenvalue weighted by Crippen LogP contribution is -2.63. The van der Waals surface area contributed by atoms with Gasteiger partial charge in [-0.15, -0.1) is 0 Å². The first-order valence-electron chi connectivity index (χ1n) is 18.8. The van der Waals surface area contributed by atoms with Gasteiger partial charge >= 0.3 is 5.97 Å². The van der Waals surface area contributed by atoms with E-state index in [9.17, 15) is 24.9 Å². The first-order chi connectivity index (χ1) is 23.4. The van der Waals surface area contributed by atoms with Crippen molar-refractivity contribution < 1.29 is 24.9 Å². The van der Waals surface area contributed by atoms with Gasteiger partial charge in [0.25, 0.3) is 0 Å². The number of benzene rings is 1. The molecule has 2 saturated heterocycles. The number of carboxylic acids is 1. The molecule has 0 radical (unpaired) electrons. The molecule has 1 aromatic rings. The molecule has 11 heteroatoms. The maximum atomic E-state index is 12.2. The second kappa shape index (κ2) is 17.3. The van der Waals surface area contributed by atoms with Crippen molar-refractivity contribution in [3.05, 3.63) is 35.4 Å². The van der Waals surface area contributed by atoms with Crippen molar-refractivity contribution in [2.75, 3.05) is 19.8 Å². The fourth-order valence-corrected chi connectivity index (χ4v) is 9.26. The number of aldehydes is 1. The Labute approximate surface area is 292 Å². The summed E-state index contributed by atoms with van der Waals surface area (Å²) in [6.07, 6.45) is 12.5.